The molecule has 0 saturated heterocycles. The molecule has 1 rings (SSSR count). The van der Waals surface area contributed by atoms with E-state index in [2.05, 4.69) is 12.2 Å². The molecule has 0 aromatic heterocycles. The first-order chi connectivity index (χ1) is 9.51. The van der Waals surface area contributed by atoms with E-state index in [1.165, 1.54) is 12.7 Å². The van der Waals surface area contributed by atoms with E-state index in [-0.39, 0.29) is 5.97 Å². The lowest BCUT2D eigenvalue weighted by Crippen LogP contribution is -2.48. The fraction of sp³-hybridized carbons (Fsp3) is 0.562. The smallest absolute Gasteiger partial charge is 0.325 e. The molecule has 1 atom stereocenters. The summed E-state index contributed by atoms with van der Waals surface area (Å²) >= 11 is 0. The number of esters is 1. The summed E-state index contributed by atoms with van der Waals surface area (Å²) in [5.74, 6) is 0.666. The molecule has 4 nitrogen and oxygen atoms in total. The van der Waals surface area contributed by atoms with E-state index < -0.39 is 5.54 Å². The minimum atomic E-state index is -0.612. The van der Waals surface area contributed by atoms with Crippen LogP contribution in [0.25, 0.3) is 0 Å². The van der Waals surface area contributed by atoms with E-state index in [0.29, 0.717) is 6.61 Å². The molecule has 1 aromatic rings. The third-order valence-corrected chi connectivity index (χ3v) is 3.55. The standard InChI is InChI=1S/C16H25NO3/c1-13-7-9-14(10-8-13)20-12-6-5-11-16(2,17-3)15(18)19-4/h7-10,17H,5-6,11-12H2,1-4H3. The second-order valence-corrected chi connectivity index (χ2v) is 5.19. The molecule has 1 unspecified atom stereocenters. The van der Waals surface area contributed by atoms with Crippen molar-refractivity contribution in [1.82, 2.24) is 5.32 Å². The maximum atomic E-state index is 11.7. The van der Waals surface area contributed by atoms with Crippen LogP contribution in [0, 0.1) is 6.92 Å². The maximum Gasteiger partial charge on any atom is 0.325 e. The molecule has 0 bridgehead atoms. The first-order valence-corrected chi connectivity index (χ1v) is 6.98. The first kappa shape index (κ1) is 16.5. The largest absolute Gasteiger partial charge is 0.494 e. The molecule has 112 valence electrons. The summed E-state index contributed by atoms with van der Waals surface area (Å²) in [4.78, 5) is 11.7. The summed E-state index contributed by atoms with van der Waals surface area (Å²) in [5.41, 5.74) is 0.610. The lowest BCUT2D eigenvalue weighted by Gasteiger charge is -2.25. The molecule has 1 N–H and O–H groups in total. The molecule has 0 aliphatic rings. The van der Waals surface area contributed by atoms with E-state index in [9.17, 15) is 4.79 Å². The molecule has 4 heteroatoms. The van der Waals surface area contributed by atoms with Gasteiger partial charge in [0.25, 0.3) is 0 Å². The summed E-state index contributed by atoms with van der Waals surface area (Å²) in [6, 6.07) is 8.01. The highest BCUT2D eigenvalue weighted by Gasteiger charge is 2.31. The van der Waals surface area contributed by atoms with Gasteiger partial charge in [0.05, 0.1) is 13.7 Å². The summed E-state index contributed by atoms with van der Waals surface area (Å²) in [7, 11) is 3.19. The van der Waals surface area contributed by atoms with Crippen LogP contribution in [-0.4, -0.2) is 32.3 Å². The summed E-state index contributed by atoms with van der Waals surface area (Å²) < 4.78 is 10.5. The van der Waals surface area contributed by atoms with Crippen LogP contribution >= 0.6 is 0 Å². The maximum absolute atomic E-state index is 11.7. The molecule has 0 saturated carbocycles. The molecule has 20 heavy (non-hydrogen) atoms. The van der Waals surface area contributed by atoms with Gasteiger partial charge in [0.15, 0.2) is 0 Å². The SMILES string of the molecule is CNC(C)(CCCCOc1ccc(C)cc1)C(=O)OC. The van der Waals surface area contributed by atoms with Gasteiger partial charge in [-0.3, -0.25) is 4.79 Å². The van der Waals surface area contributed by atoms with Gasteiger partial charge in [0.1, 0.15) is 11.3 Å². The molecule has 0 spiro atoms. The average molecular weight is 279 g/mol. The van der Waals surface area contributed by atoms with Crippen LogP contribution in [0.5, 0.6) is 5.75 Å². The second kappa shape index (κ2) is 7.90. The zero-order chi connectivity index (χ0) is 15.0. The van der Waals surface area contributed by atoms with Crippen LogP contribution in [0.4, 0.5) is 0 Å². The van der Waals surface area contributed by atoms with E-state index in [4.69, 9.17) is 9.47 Å². The fourth-order valence-electron chi connectivity index (χ4n) is 1.96. The Bertz CT molecular complexity index is 416. The van der Waals surface area contributed by atoms with Crippen molar-refractivity contribution in [1.29, 1.82) is 0 Å². The van der Waals surface area contributed by atoms with Crippen molar-refractivity contribution in [3.05, 3.63) is 29.8 Å². The quantitative estimate of drug-likeness (QED) is 0.587. The Kier molecular flexibility index (Phi) is 6.52. The molecule has 0 amide bonds. The third kappa shape index (κ3) is 4.85. The lowest BCUT2D eigenvalue weighted by atomic mass is 9.95. The number of hydrogen-bond acceptors (Lipinski definition) is 4. The summed E-state index contributed by atoms with van der Waals surface area (Å²) in [6.07, 6.45) is 2.54. The lowest BCUT2D eigenvalue weighted by molar-refractivity contribution is -0.148. The van der Waals surface area contributed by atoms with Crippen LogP contribution in [0.3, 0.4) is 0 Å². The van der Waals surface area contributed by atoms with Crippen LogP contribution in [0.15, 0.2) is 24.3 Å². The highest BCUT2D eigenvalue weighted by atomic mass is 16.5. The summed E-state index contributed by atoms with van der Waals surface area (Å²) in [5, 5.41) is 3.03. The highest BCUT2D eigenvalue weighted by Crippen LogP contribution is 2.16. The Morgan fingerprint density at radius 1 is 1.25 bits per heavy atom. The second-order valence-electron chi connectivity index (χ2n) is 5.19. The zero-order valence-corrected chi connectivity index (χ0v) is 12.9. The molecular formula is C16H25NO3. The van der Waals surface area contributed by atoms with Crippen molar-refractivity contribution in [3.63, 3.8) is 0 Å². The van der Waals surface area contributed by atoms with Crippen molar-refractivity contribution in [2.75, 3.05) is 20.8 Å². The number of nitrogens with one attached hydrogen (secondary N) is 1. The van der Waals surface area contributed by atoms with Gasteiger partial charge in [-0.2, -0.15) is 0 Å². The van der Waals surface area contributed by atoms with E-state index in [1.807, 2.05) is 31.2 Å². The van der Waals surface area contributed by atoms with Gasteiger partial charge in [-0.25, -0.2) is 0 Å². The fourth-order valence-corrected chi connectivity index (χ4v) is 1.96. The molecule has 0 heterocycles. The Labute approximate surface area is 121 Å². The normalized spacial score (nSPS) is 13.6. The molecule has 0 radical (unpaired) electrons. The van der Waals surface area contributed by atoms with E-state index in [1.54, 1.807) is 7.05 Å². The van der Waals surface area contributed by atoms with Crippen LogP contribution < -0.4 is 10.1 Å². The molecule has 0 fully saturated rings. The van der Waals surface area contributed by atoms with Crippen molar-refractivity contribution in [2.45, 2.75) is 38.6 Å². The van der Waals surface area contributed by atoms with E-state index >= 15 is 0 Å². The number of likely N-dealkylation sites (N-methyl/N-ethyl adjacent to an activating group) is 1. The van der Waals surface area contributed by atoms with Gasteiger partial charge < -0.3 is 14.8 Å². The Morgan fingerprint density at radius 3 is 2.45 bits per heavy atom. The van der Waals surface area contributed by atoms with Crippen molar-refractivity contribution in [2.24, 2.45) is 0 Å². The minimum Gasteiger partial charge on any atom is -0.494 e. The van der Waals surface area contributed by atoms with Crippen molar-refractivity contribution >= 4 is 5.97 Å². The Morgan fingerprint density at radius 2 is 1.90 bits per heavy atom. The number of benzene rings is 1. The third-order valence-electron chi connectivity index (χ3n) is 3.55. The van der Waals surface area contributed by atoms with Gasteiger partial charge in [-0.05, 0) is 52.3 Å². The Hall–Kier alpha value is -1.55. The number of methoxy groups -OCH3 is 1. The number of aryl methyl sites for hydroxylation is 1. The predicted octanol–water partition coefficient (Wildman–Crippen LogP) is 2.70. The van der Waals surface area contributed by atoms with Gasteiger partial charge >= 0.3 is 5.97 Å². The zero-order valence-electron chi connectivity index (χ0n) is 12.9. The van der Waals surface area contributed by atoms with Crippen LogP contribution in [0.2, 0.25) is 0 Å². The first-order valence-electron chi connectivity index (χ1n) is 6.98. The van der Waals surface area contributed by atoms with E-state index in [0.717, 1.165) is 25.0 Å². The molecular weight excluding hydrogens is 254 g/mol. The highest BCUT2D eigenvalue weighted by molar-refractivity contribution is 5.80. The topological polar surface area (TPSA) is 47.6 Å². The number of carbonyl (C=O) groups is 1. The molecule has 0 aliphatic carbocycles. The number of hydrogen-bond donors (Lipinski definition) is 1. The average Bonchev–Trinajstić information content (AvgIpc) is 2.47. The number of rotatable bonds is 8. The molecule has 0 aliphatic heterocycles. The van der Waals surface area contributed by atoms with Gasteiger partial charge in [-0.15, -0.1) is 0 Å². The number of carbonyl (C=O) groups excluding carboxylic acids is 1. The molecule has 1 aromatic carbocycles. The predicted molar refractivity (Wildman–Crippen MR) is 80.0 cm³/mol. The van der Waals surface area contributed by atoms with Crippen LogP contribution in [-0.2, 0) is 9.53 Å². The van der Waals surface area contributed by atoms with Gasteiger partial charge in [0, 0.05) is 0 Å². The van der Waals surface area contributed by atoms with Gasteiger partial charge in [0.2, 0.25) is 0 Å². The monoisotopic (exact) mass is 279 g/mol. The number of unbranched alkanes of at least 4 members (excludes halogenated alkanes) is 1. The minimum absolute atomic E-state index is 0.223. The Balaban J connectivity index is 2.27. The van der Waals surface area contributed by atoms with Crippen LogP contribution in [0.1, 0.15) is 31.7 Å². The van der Waals surface area contributed by atoms with Crippen molar-refractivity contribution in [3.8, 4) is 5.75 Å². The van der Waals surface area contributed by atoms with Gasteiger partial charge in [-0.1, -0.05) is 17.7 Å². The summed E-state index contributed by atoms with van der Waals surface area (Å²) in [6.45, 7) is 4.57. The number of ether oxygens (including phenoxy) is 2. The van der Waals surface area contributed by atoms with Crippen molar-refractivity contribution < 1.29 is 14.3 Å².